The Morgan fingerprint density at radius 2 is 1.78 bits per heavy atom. The highest BCUT2D eigenvalue weighted by molar-refractivity contribution is 5.97. The third kappa shape index (κ3) is 2.85. The fraction of sp³-hybridized carbons (Fsp3) is 0.250. The van der Waals surface area contributed by atoms with E-state index in [1.165, 1.54) is 12.1 Å². The Balaban J connectivity index is 3.38. The second-order valence-corrected chi connectivity index (χ2v) is 3.67. The standard InChI is InChI=1S/C12H12O6/c1-6-3-4-8(11(14)15)9(5-18-7(2)13)10(6)12(16)17/h3-4H,5H2,1-2H3,(H,14,15)(H,16,17). The monoisotopic (exact) mass is 252 g/mol. The van der Waals surface area contributed by atoms with Crippen LogP contribution < -0.4 is 0 Å². The predicted octanol–water partition coefficient (Wildman–Crippen LogP) is 1.45. The summed E-state index contributed by atoms with van der Waals surface area (Å²) in [6, 6.07) is 2.70. The van der Waals surface area contributed by atoms with Crippen molar-refractivity contribution in [2.45, 2.75) is 20.5 Å². The second-order valence-electron chi connectivity index (χ2n) is 3.67. The van der Waals surface area contributed by atoms with Gasteiger partial charge in [0.2, 0.25) is 0 Å². The highest BCUT2D eigenvalue weighted by Gasteiger charge is 2.21. The van der Waals surface area contributed by atoms with Gasteiger partial charge in [0.15, 0.2) is 0 Å². The van der Waals surface area contributed by atoms with Gasteiger partial charge < -0.3 is 14.9 Å². The van der Waals surface area contributed by atoms with Gasteiger partial charge in [-0.05, 0) is 18.6 Å². The number of aromatic carboxylic acids is 2. The molecular formula is C12H12O6. The molecule has 6 heteroatoms. The van der Waals surface area contributed by atoms with Gasteiger partial charge in [0.05, 0.1) is 11.1 Å². The van der Waals surface area contributed by atoms with E-state index in [1.807, 2.05) is 0 Å². The molecule has 0 amide bonds. The average molecular weight is 252 g/mol. The molecule has 0 atom stereocenters. The summed E-state index contributed by atoms with van der Waals surface area (Å²) in [6.45, 7) is 2.34. The zero-order valence-corrected chi connectivity index (χ0v) is 9.89. The van der Waals surface area contributed by atoms with Crippen LogP contribution in [0.5, 0.6) is 0 Å². The van der Waals surface area contributed by atoms with Gasteiger partial charge in [-0.3, -0.25) is 4.79 Å². The molecule has 2 N–H and O–H groups in total. The van der Waals surface area contributed by atoms with E-state index in [1.54, 1.807) is 6.92 Å². The summed E-state index contributed by atoms with van der Waals surface area (Å²) in [4.78, 5) is 32.9. The molecule has 0 saturated carbocycles. The summed E-state index contributed by atoms with van der Waals surface area (Å²) in [5.74, 6) is -3.12. The van der Waals surface area contributed by atoms with Gasteiger partial charge in [0.1, 0.15) is 6.61 Å². The fourth-order valence-electron chi connectivity index (χ4n) is 1.59. The van der Waals surface area contributed by atoms with Gasteiger partial charge >= 0.3 is 17.9 Å². The third-order valence-corrected chi connectivity index (χ3v) is 2.39. The minimum absolute atomic E-state index is 0.00907. The fourth-order valence-corrected chi connectivity index (χ4v) is 1.59. The zero-order chi connectivity index (χ0) is 13.9. The van der Waals surface area contributed by atoms with Crippen molar-refractivity contribution in [3.05, 3.63) is 34.4 Å². The normalized spacial score (nSPS) is 9.89. The second kappa shape index (κ2) is 5.31. The molecule has 0 aliphatic heterocycles. The maximum Gasteiger partial charge on any atom is 0.336 e. The lowest BCUT2D eigenvalue weighted by Gasteiger charge is -2.12. The first-order valence-corrected chi connectivity index (χ1v) is 5.07. The molecule has 0 spiro atoms. The summed E-state index contributed by atoms with van der Waals surface area (Å²) in [6.07, 6.45) is 0. The average Bonchev–Trinajstić information content (AvgIpc) is 2.24. The quantitative estimate of drug-likeness (QED) is 0.786. The van der Waals surface area contributed by atoms with Crippen LogP contribution in [0.3, 0.4) is 0 Å². The van der Waals surface area contributed by atoms with Crippen LogP contribution in [0.2, 0.25) is 0 Å². The Morgan fingerprint density at radius 3 is 2.22 bits per heavy atom. The van der Waals surface area contributed by atoms with Crippen LogP contribution in [0, 0.1) is 6.92 Å². The largest absolute Gasteiger partial charge is 0.478 e. The van der Waals surface area contributed by atoms with Crippen molar-refractivity contribution < 1.29 is 29.3 Å². The molecular weight excluding hydrogens is 240 g/mol. The van der Waals surface area contributed by atoms with E-state index in [2.05, 4.69) is 0 Å². The maximum absolute atomic E-state index is 11.1. The number of hydrogen-bond donors (Lipinski definition) is 2. The predicted molar refractivity (Wildman–Crippen MR) is 60.6 cm³/mol. The smallest absolute Gasteiger partial charge is 0.336 e. The van der Waals surface area contributed by atoms with E-state index in [0.717, 1.165) is 6.92 Å². The lowest BCUT2D eigenvalue weighted by atomic mass is 9.97. The van der Waals surface area contributed by atoms with Gasteiger partial charge in [-0.15, -0.1) is 0 Å². The van der Waals surface area contributed by atoms with Crippen molar-refractivity contribution in [3.63, 3.8) is 0 Å². The van der Waals surface area contributed by atoms with Gasteiger partial charge in [-0.25, -0.2) is 9.59 Å². The highest BCUT2D eigenvalue weighted by atomic mass is 16.5. The van der Waals surface area contributed by atoms with Crippen molar-refractivity contribution in [1.29, 1.82) is 0 Å². The number of hydrogen-bond acceptors (Lipinski definition) is 4. The molecule has 0 aromatic heterocycles. The Labute approximate surface area is 103 Å². The minimum atomic E-state index is -1.26. The van der Waals surface area contributed by atoms with Gasteiger partial charge in [-0.1, -0.05) is 6.07 Å². The Bertz CT molecular complexity index is 518. The molecule has 1 aromatic carbocycles. The first-order valence-electron chi connectivity index (χ1n) is 5.07. The molecule has 6 nitrogen and oxygen atoms in total. The molecule has 0 unspecified atom stereocenters. The van der Waals surface area contributed by atoms with Gasteiger partial charge in [0, 0.05) is 12.5 Å². The van der Waals surface area contributed by atoms with Crippen molar-refractivity contribution in [2.24, 2.45) is 0 Å². The van der Waals surface area contributed by atoms with Crippen LogP contribution in [0.1, 0.15) is 38.8 Å². The molecule has 1 aromatic rings. The number of carboxylic acid groups (broad SMARTS) is 2. The van der Waals surface area contributed by atoms with Crippen LogP contribution in [-0.2, 0) is 16.1 Å². The Kier molecular flexibility index (Phi) is 4.04. The molecule has 0 heterocycles. The number of esters is 1. The Morgan fingerprint density at radius 1 is 1.17 bits per heavy atom. The molecule has 0 fully saturated rings. The number of benzene rings is 1. The van der Waals surface area contributed by atoms with Crippen LogP contribution in [0.4, 0.5) is 0 Å². The van der Waals surface area contributed by atoms with E-state index >= 15 is 0 Å². The van der Waals surface area contributed by atoms with E-state index in [9.17, 15) is 14.4 Å². The van der Waals surface area contributed by atoms with Crippen molar-refractivity contribution >= 4 is 17.9 Å². The van der Waals surface area contributed by atoms with E-state index in [0.29, 0.717) is 5.56 Å². The molecule has 96 valence electrons. The summed E-state index contributed by atoms with van der Waals surface area (Å²) in [5.41, 5.74) is 0.0789. The highest BCUT2D eigenvalue weighted by Crippen LogP contribution is 2.20. The SMILES string of the molecule is CC(=O)OCc1c(C(=O)O)ccc(C)c1C(=O)O. The number of carbonyl (C=O) groups excluding carboxylic acids is 1. The van der Waals surface area contributed by atoms with Gasteiger partial charge in [0.25, 0.3) is 0 Å². The van der Waals surface area contributed by atoms with E-state index in [4.69, 9.17) is 14.9 Å². The summed E-state index contributed by atoms with van der Waals surface area (Å²) in [7, 11) is 0. The molecule has 0 bridgehead atoms. The summed E-state index contributed by atoms with van der Waals surface area (Å²) in [5, 5.41) is 18.1. The van der Waals surface area contributed by atoms with Crippen LogP contribution in [0.25, 0.3) is 0 Å². The number of carboxylic acids is 2. The molecule has 0 radical (unpaired) electrons. The minimum Gasteiger partial charge on any atom is -0.478 e. The number of carbonyl (C=O) groups is 3. The molecule has 0 saturated heterocycles. The zero-order valence-electron chi connectivity index (χ0n) is 9.89. The summed E-state index contributed by atoms with van der Waals surface area (Å²) < 4.78 is 4.70. The number of ether oxygens (including phenoxy) is 1. The van der Waals surface area contributed by atoms with Crippen molar-refractivity contribution in [3.8, 4) is 0 Å². The van der Waals surface area contributed by atoms with Crippen LogP contribution in [-0.4, -0.2) is 28.1 Å². The van der Waals surface area contributed by atoms with E-state index in [-0.39, 0.29) is 23.3 Å². The molecule has 1 rings (SSSR count). The van der Waals surface area contributed by atoms with Gasteiger partial charge in [-0.2, -0.15) is 0 Å². The van der Waals surface area contributed by atoms with Crippen molar-refractivity contribution in [2.75, 3.05) is 0 Å². The topological polar surface area (TPSA) is 101 Å². The molecule has 18 heavy (non-hydrogen) atoms. The van der Waals surface area contributed by atoms with Crippen molar-refractivity contribution in [1.82, 2.24) is 0 Å². The Hall–Kier alpha value is -2.37. The maximum atomic E-state index is 11.1. The lowest BCUT2D eigenvalue weighted by Crippen LogP contribution is -2.14. The third-order valence-electron chi connectivity index (χ3n) is 2.39. The summed E-state index contributed by atoms with van der Waals surface area (Å²) >= 11 is 0. The lowest BCUT2D eigenvalue weighted by molar-refractivity contribution is -0.142. The first kappa shape index (κ1) is 13.7. The molecule has 0 aliphatic rings. The van der Waals surface area contributed by atoms with Crippen LogP contribution >= 0.6 is 0 Å². The first-order chi connectivity index (χ1) is 8.34. The number of aryl methyl sites for hydroxylation is 1. The van der Waals surface area contributed by atoms with Crippen LogP contribution in [0.15, 0.2) is 12.1 Å². The molecule has 0 aliphatic carbocycles. The van der Waals surface area contributed by atoms with E-state index < -0.39 is 17.9 Å². The number of rotatable bonds is 4.